The molecule has 1 heterocycles. The van der Waals surface area contributed by atoms with Crippen LogP contribution in [0.2, 0.25) is 10.0 Å². The number of halogens is 2. The third-order valence-electron chi connectivity index (χ3n) is 5.64. The highest BCUT2D eigenvalue weighted by atomic mass is 35.5. The van der Waals surface area contributed by atoms with Crippen molar-refractivity contribution in [2.75, 3.05) is 12.4 Å². The monoisotopic (exact) mass is 570 g/mol. The first-order chi connectivity index (χ1) is 18.3. The average molecular weight is 571 g/mol. The van der Waals surface area contributed by atoms with Crippen LogP contribution in [0.3, 0.4) is 0 Å². The van der Waals surface area contributed by atoms with Gasteiger partial charge in [0, 0.05) is 4.88 Å². The number of esters is 1. The molecule has 1 aromatic heterocycles. The number of rotatable bonds is 6. The minimum absolute atomic E-state index is 0.149. The molecule has 0 spiro atoms. The number of thiophene rings is 1. The lowest BCUT2D eigenvalue weighted by molar-refractivity contribution is -0.136. The van der Waals surface area contributed by atoms with Crippen LogP contribution in [-0.4, -0.2) is 31.1 Å². The summed E-state index contributed by atoms with van der Waals surface area (Å²) in [5.41, 5.74) is 4.23. The summed E-state index contributed by atoms with van der Waals surface area (Å²) in [6.45, 7) is 0. The zero-order valence-corrected chi connectivity index (χ0v) is 22.3. The van der Waals surface area contributed by atoms with Crippen molar-refractivity contribution in [3.63, 3.8) is 0 Å². The van der Waals surface area contributed by atoms with Crippen LogP contribution in [0.1, 0.15) is 44.8 Å². The van der Waals surface area contributed by atoms with Gasteiger partial charge in [-0.3, -0.25) is 9.59 Å². The fraction of sp³-hybridized carbons (Fsp3) is 0.192. The summed E-state index contributed by atoms with van der Waals surface area (Å²) < 4.78 is 10.7. The third-order valence-corrected chi connectivity index (χ3v) is 7.59. The number of carbonyl (C=O) groups excluding carboxylic acids is 3. The van der Waals surface area contributed by atoms with Crippen LogP contribution in [0, 0.1) is 11.3 Å². The van der Waals surface area contributed by atoms with Crippen LogP contribution in [0.15, 0.2) is 41.5 Å². The minimum atomic E-state index is -0.990. The number of aryl methyl sites for hydroxylation is 1. The van der Waals surface area contributed by atoms with E-state index in [1.54, 1.807) is 6.07 Å². The van der Waals surface area contributed by atoms with Crippen LogP contribution in [-0.2, 0) is 22.4 Å². The average Bonchev–Trinajstić information content (AvgIpc) is 3.27. The van der Waals surface area contributed by atoms with E-state index in [4.69, 9.17) is 32.7 Å². The maximum atomic E-state index is 12.5. The van der Waals surface area contributed by atoms with Crippen molar-refractivity contribution in [1.29, 1.82) is 5.26 Å². The Kier molecular flexibility index (Phi) is 8.63. The van der Waals surface area contributed by atoms with E-state index in [2.05, 4.69) is 21.9 Å². The van der Waals surface area contributed by atoms with Gasteiger partial charge in [0.25, 0.3) is 0 Å². The molecule has 9 nitrogen and oxygen atoms in total. The largest absolute Gasteiger partial charge is 0.493 e. The van der Waals surface area contributed by atoms with Gasteiger partial charge in [-0.15, -0.1) is 11.3 Å². The fourth-order valence-corrected chi connectivity index (χ4v) is 5.31. The molecule has 12 heteroatoms. The number of amides is 2. The van der Waals surface area contributed by atoms with E-state index in [1.165, 1.54) is 55.0 Å². The van der Waals surface area contributed by atoms with Crippen molar-refractivity contribution in [2.45, 2.75) is 25.7 Å². The zero-order valence-electron chi connectivity index (χ0n) is 20.0. The number of hydrogen-bond donors (Lipinski definition) is 2. The lowest BCUT2D eigenvalue weighted by Gasteiger charge is -2.10. The summed E-state index contributed by atoms with van der Waals surface area (Å²) in [5, 5.41) is 16.7. The second-order valence-electron chi connectivity index (χ2n) is 8.11. The number of anilines is 1. The maximum Gasteiger partial charge on any atom is 0.343 e. The Hall–Kier alpha value is -3.91. The summed E-state index contributed by atoms with van der Waals surface area (Å²) in [5.74, 6) is -2.20. The Morgan fingerprint density at radius 2 is 1.84 bits per heavy atom. The number of fused-ring (bicyclic) bond motifs is 1. The van der Waals surface area contributed by atoms with E-state index in [0.29, 0.717) is 21.2 Å². The number of methoxy groups -OCH3 is 1. The molecule has 2 N–H and O–H groups in total. The predicted octanol–water partition coefficient (Wildman–Crippen LogP) is 5.12. The van der Waals surface area contributed by atoms with E-state index in [1.807, 2.05) is 0 Å². The minimum Gasteiger partial charge on any atom is -0.493 e. The van der Waals surface area contributed by atoms with Crippen LogP contribution >= 0.6 is 34.5 Å². The van der Waals surface area contributed by atoms with Gasteiger partial charge in [0.1, 0.15) is 11.1 Å². The number of carbonyl (C=O) groups is 3. The quantitative estimate of drug-likeness (QED) is 0.139. The lowest BCUT2D eigenvalue weighted by Crippen LogP contribution is -2.32. The van der Waals surface area contributed by atoms with E-state index >= 15 is 0 Å². The Morgan fingerprint density at radius 1 is 1.05 bits per heavy atom. The SMILES string of the molecule is COc1cc(C=NNC(=O)C(=O)Nc2sc3c(c2C#N)CCCC3)ccc1OC(=O)c1ccc(Cl)c(Cl)c1. The second-order valence-corrected chi connectivity index (χ2v) is 10.0. The van der Waals surface area contributed by atoms with Crippen molar-refractivity contribution < 1.29 is 23.9 Å². The molecule has 0 fully saturated rings. The highest BCUT2D eigenvalue weighted by molar-refractivity contribution is 7.16. The molecule has 0 bridgehead atoms. The summed E-state index contributed by atoms with van der Waals surface area (Å²) in [7, 11) is 1.40. The number of nitriles is 1. The van der Waals surface area contributed by atoms with Crippen LogP contribution in [0.4, 0.5) is 5.00 Å². The number of hydrogen-bond acceptors (Lipinski definition) is 8. The van der Waals surface area contributed by atoms with Gasteiger partial charge in [0.15, 0.2) is 11.5 Å². The van der Waals surface area contributed by atoms with Crippen molar-refractivity contribution in [3.05, 3.63) is 73.6 Å². The summed E-state index contributed by atoms with van der Waals surface area (Å²) in [6.07, 6.45) is 4.97. The molecule has 0 saturated heterocycles. The third kappa shape index (κ3) is 6.14. The van der Waals surface area contributed by atoms with Gasteiger partial charge in [-0.05, 0) is 73.2 Å². The first-order valence-corrected chi connectivity index (χ1v) is 12.9. The molecule has 0 radical (unpaired) electrons. The summed E-state index contributed by atoms with van der Waals surface area (Å²) in [6, 6.07) is 11.1. The molecule has 1 aliphatic carbocycles. The maximum absolute atomic E-state index is 12.5. The van der Waals surface area contributed by atoms with Gasteiger partial charge in [0.2, 0.25) is 0 Å². The molecule has 3 aromatic rings. The molecule has 2 amide bonds. The molecule has 194 valence electrons. The van der Waals surface area contributed by atoms with Gasteiger partial charge in [-0.25, -0.2) is 10.2 Å². The molecule has 4 rings (SSSR count). The topological polar surface area (TPSA) is 130 Å². The lowest BCUT2D eigenvalue weighted by atomic mass is 9.96. The van der Waals surface area contributed by atoms with Crippen LogP contribution in [0.25, 0.3) is 0 Å². The molecule has 0 unspecified atom stereocenters. The first-order valence-electron chi connectivity index (χ1n) is 11.3. The zero-order chi connectivity index (χ0) is 27.2. The Labute approximate surface area is 232 Å². The van der Waals surface area contributed by atoms with Gasteiger partial charge >= 0.3 is 17.8 Å². The molecule has 2 aromatic carbocycles. The Balaban J connectivity index is 1.37. The highest BCUT2D eigenvalue weighted by Crippen LogP contribution is 2.37. The number of ether oxygens (including phenoxy) is 2. The summed E-state index contributed by atoms with van der Waals surface area (Å²) in [4.78, 5) is 38.1. The molecule has 1 aliphatic rings. The first kappa shape index (κ1) is 27.1. The van der Waals surface area contributed by atoms with Gasteiger partial charge in [0.05, 0.1) is 34.5 Å². The highest BCUT2D eigenvalue weighted by Gasteiger charge is 2.23. The molecule has 0 atom stereocenters. The molecular formula is C26H20Cl2N4O5S. The van der Waals surface area contributed by atoms with Gasteiger partial charge in [-0.2, -0.15) is 10.4 Å². The normalized spacial score (nSPS) is 12.4. The number of nitrogens with zero attached hydrogens (tertiary/aromatic N) is 2. The number of nitrogens with one attached hydrogen (secondary N) is 2. The Morgan fingerprint density at radius 3 is 2.58 bits per heavy atom. The van der Waals surface area contributed by atoms with Crippen LogP contribution < -0.4 is 20.2 Å². The molecule has 38 heavy (non-hydrogen) atoms. The van der Waals surface area contributed by atoms with Gasteiger partial charge in [-0.1, -0.05) is 23.2 Å². The number of hydrazone groups is 1. The number of benzene rings is 2. The van der Waals surface area contributed by atoms with E-state index in [-0.39, 0.29) is 22.1 Å². The van der Waals surface area contributed by atoms with Crippen molar-refractivity contribution in [2.24, 2.45) is 5.10 Å². The van der Waals surface area contributed by atoms with Gasteiger partial charge < -0.3 is 14.8 Å². The predicted molar refractivity (Wildman–Crippen MR) is 144 cm³/mol. The molecule has 0 aliphatic heterocycles. The van der Waals surface area contributed by atoms with Crippen molar-refractivity contribution >= 4 is 63.5 Å². The standard InChI is InChI=1S/C26H20Cl2N4O5S/c1-36-21-10-14(6-9-20(21)37-26(35)15-7-8-18(27)19(28)11-15)13-30-32-24(34)23(33)31-25-17(12-29)16-4-2-3-5-22(16)38-25/h6-11,13H,2-5H2,1H3,(H,31,33)(H,32,34). The van der Waals surface area contributed by atoms with E-state index in [9.17, 15) is 19.6 Å². The van der Waals surface area contributed by atoms with E-state index in [0.717, 1.165) is 36.1 Å². The summed E-state index contributed by atoms with van der Waals surface area (Å²) >= 11 is 13.2. The smallest absolute Gasteiger partial charge is 0.343 e. The second kappa shape index (κ2) is 12.1. The van der Waals surface area contributed by atoms with Crippen molar-refractivity contribution in [1.82, 2.24) is 5.43 Å². The fourth-order valence-electron chi connectivity index (χ4n) is 3.78. The van der Waals surface area contributed by atoms with Crippen molar-refractivity contribution in [3.8, 4) is 17.6 Å². The van der Waals surface area contributed by atoms with Crippen LogP contribution in [0.5, 0.6) is 11.5 Å². The van der Waals surface area contributed by atoms with E-state index < -0.39 is 17.8 Å². The molecular weight excluding hydrogens is 551 g/mol. The molecule has 0 saturated carbocycles. The Bertz CT molecular complexity index is 1500.